The first kappa shape index (κ1) is 21.0. The molecule has 0 fully saturated rings. The van der Waals surface area contributed by atoms with E-state index in [1.165, 1.54) is 24.3 Å². The third kappa shape index (κ3) is 5.08. The van der Waals surface area contributed by atoms with Gasteiger partial charge in [0.15, 0.2) is 16.1 Å². The van der Waals surface area contributed by atoms with Gasteiger partial charge in [-0.3, -0.25) is 4.72 Å². The largest absolute Gasteiger partial charge is 0.332 e. The lowest BCUT2D eigenvalue weighted by Crippen LogP contribution is -2.19. The number of fused-ring (bicyclic) bond motifs is 1. The second-order valence-electron chi connectivity index (χ2n) is 6.48. The first-order valence-electron chi connectivity index (χ1n) is 9.09. The molecule has 0 bridgehead atoms. The van der Waals surface area contributed by atoms with Gasteiger partial charge in [-0.1, -0.05) is 48.0 Å². The summed E-state index contributed by atoms with van der Waals surface area (Å²) in [5, 5.41) is 16.3. The first-order chi connectivity index (χ1) is 14.9. The topological polar surface area (TPSA) is 96.0 Å². The van der Waals surface area contributed by atoms with Crippen LogP contribution < -0.4 is 15.4 Å². The Morgan fingerprint density at radius 2 is 1.58 bits per heavy atom. The van der Waals surface area contributed by atoms with E-state index in [9.17, 15) is 8.42 Å². The van der Waals surface area contributed by atoms with Crippen LogP contribution in [0.2, 0.25) is 5.15 Å². The average molecular weight is 470 g/mol. The van der Waals surface area contributed by atoms with E-state index in [2.05, 4.69) is 25.6 Å². The van der Waals surface area contributed by atoms with Crippen LogP contribution in [0.25, 0.3) is 10.8 Å². The molecule has 0 saturated carbocycles. The molecule has 0 unspecified atom stereocenters. The van der Waals surface area contributed by atoms with Crippen molar-refractivity contribution in [1.82, 2.24) is 10.2 Å². The minimum atomic E-state index is -3.82. The van der Waals surface area contributed by atoms with Crippen LogP contribution in [0, 0.1) is 0 Å². The van der Waals surface area contributed by atoms with E-state index in [0.717, 1.165) is 16.5 Å². The molecule has 3 aromatic carbocycles. The lowest BCUT2D eigenvalue weighted by atomic mass is 10.1. The maximum atomic E-state index is 12.5. The molecular formula is C21H16ClN5O2S2. The van der Waals surface area contributed by atoms with Crippen molar-refractivity contribution < 1.29 is 8.42 Å². The highest BCUT2D eigenvalue weighted by atomic mass is 35.5. The lowest BCUT2D eigenvalue weighted by molar-refractivity contribution is 0.601. The van der Waals surface area contributed by atoms with Gasteiger partial charge < -0.3 is 10.6 Å². The predicted octanol–water partition coefficient (Wildman–Crippen LogP) is 4.89. The normalized spacial score (nSPS) is 11.1. The summed E-state index contributed by atoms with van der Waals surface area (Å²) in [6.07, 6.45) is 0. The fourth-order valence-corrected chi connectivity index (χ4v) is 4.23. The Morgan fingerprint density at radius 3 is 2.32 bits per heavy atom. The number of halogens is 1. The SMILES string of the molecule is O=S(=O)(Nc1ccc(Cl)nn1)c1ccc(NC(=S)Nc2cccc3ccccc23)cc1. The predicted molar refractivity (Wildman–Crippen MR) is 128 cm³/mol. The minimum absolute atomic E-state index is 0.0720. The number of benzene rings is 3. The van der Waals surface area contributed by atoms with Gasteiger partial charge in [-0.05, 0) is 60.1 Å². The summed E-state index contributed by atoms with van der Waals surface area (Å²) >= 11 is 11.1. The van der Waals surface area contributed by atoms with E-state index in [1.54, 1.807) is 12.1 Å². The van der Waals surface area contributed by atoms with Gasteiger partial charge >= 0.3 is 0 Å². The molecule has 0 aliphatic heterocycles. The lowest BCUT2D eigenvalue weighted by Gasteiger charge is -2.13. The highest BCUT2D eigenvalue weighted by Gasteiger charge is 2.15. The zero-order valence-electron chi connectivity index (χ0n) is 15.9. The molecule has 1 heterocycles. The quantitative estimate of drug-likeness (QED) is 0.358. The highest BCUT2D eigenvalue weighted by Crippen LogP contribution is 2.23. The summed E-state index contributed by atoms with van der Waals surface area (Å²) in [7, 11) is -3.82. The van der Waals surface area contributed by atoms with Gasteiger partial charge in [0.05, 0.1) is 4.90 Å². The van der Waals surface area contributed by atoms with Crippen molar-refractivity contribution in [3.63, 3.8) is 0 Å². The smallest absolute Gasteiger partial charge is 0.263 e. The number of sulfonamides is 1. The van der Waals surface area contributed by atoms with E-state index in [1.807, 2.05) is 42.5 Å². The van der Waals surface area contributed by atoms with E-state index in [0.29, 0.717) is 10.8 Å². The number of rotatable bonds is 5. The molecule has 0 saturated heterocycles. The van der Waals surface area contributed by atoms with E-state index in [4.69, 9.17) is 23.8 Å². The average Bonchev–Trinajstić information content (AvgIpc) is 2.76. The maximum absolute atomic E-state index is 12.5. The summed E-state index contributed by atoms with van der Waals surface area (Å²) in [6, 6.07) is 23.0. The molecule has 7 nitrogen and oxygen atoms in total. The van der Waals surface area contributed by atoms with Gasteiger partial charge in [-0.25, -0.2) is 8.42 Å². The number of aromatic nitrogens is 2. The van der Waals surface area contributed by atoms with Crippen LogP contribution in [-0.2, 0) is 10.0 Å². The van der Waals surface area contributed by atoms with Gasteiger partial charge in [-0.2, -0.15) is 0 Å². The maximum Gasteiger partial charge on any atom is 0.263 e. The molecule has 31 heavy (non-hydrogen) atoms. The number of hydrogen-bond acceptors (Lipinski definition) is 5. The fourth-order valence-electron chi connectivity index (χ4n) is 2.90. The molecule has 0 spiro atoms. The zero-order chi connectivity index (χ0) is 21.8. The molecular weight excluding hydrogens is 454 g/mol. The Labute approximate surface area is 189 Å². The summed E-state index contributed by atoms with van der Waals surface area (Å²) in [5.41, 5.74) is 1.52. The summed E-state index contributed by atoms with van der Waals surface area (Å²) in [6.45, 7) is 0. The molecule has 156 valence electrons. The molecule has 3 N–H and O–H groups in total. The Bertz CT molecular complexity index is 1340. The fraction of sp³-hybridized carbons (Fsp3) is 0. The third-order valence-corrected chi connectivity index (χ3v) is 6.11. The number of anilines is 3. The van der Waals surface area contributed by atoms with Crippen molar-refractivity contribution in [2.24, 2.45) is 0 Å². The van der Waals surface area contributed by atoms with Crippen molar-refractivity contribution in [3.05, 3.63) is 84.0 Å². The molecule has 1 aromatic heterocycles. The molecule has 0 aliphatic rings. The Hall–Kier alpha value is -3.27. The third-order valence-electron chi connectivity index (χ3n) is 4.33. The second kappa shape index (κ2) is 8.84. The van der Waals surface area contributed by atoms with E-state index >= 15 is 0 Å². The molecule has 4 aromatic rings. The van der Waals surface area contributed by atoms with Crippen LogP contribution >= 0.6 is 23.8 Å². The Morgan fingerprint density at radius 1 is 0.839 bits per heavy atom. The zero-order valence-corrected chi connectivity index (χ0v) is 18.3. The van der Waals surface area contributed by atoms with Crippen LogP contribution in [0.1, 0.15) is 0 Å². The molecule has 0 radical (unpaired) electrons. The monoisotopic (exact) mass is 469 g/mol. The molecule has 10 heteroatoms. The highest BCUT2D eigenvalue weighted by molar-refractivity contribution is 7.92. The van der Waals surface area contributed by atoms with E-state index in [-0.39, 0.29) is 15.9 Å². The summed E-state index contributed by atoms with van der Waals surface area (Å²) in [4.78, 5) is 0.0720. The van der Waals surface area contributed by atoms with Crippen LogP contribution in [0.3, 0.4) is 0 Å². The van der Waals surface area contributed by atoms with Crippen molar-refractivity contribution in [2.45, 2.75) is 4.90 Å². The molecule has 0 amide bonds. The van der Waals surface area contributed by atoms with Crippen molar-refractivity contribution in [1.29, 1.82) is 0 Å². The van der Waals surface area contributed by atoms with Crippen molar-refractivity contribution >= 4 is 66.9 Å². The van der Waals surface area contributed by atoms with Crippen LogP contribution in [0.5, 0.6) is 0 Å². The van der Waals surface area contributed by atoms with Gasteiger partial charge in [0.25, 0.3) is 10.0 Å². The molecule has 4 rings (SSSR count). The number of thiocarbonyl (C=S) groups is 1. The van der Waals surface area contributed by atoms with Crippen LogP contribution in [-0.4, -0.2) is 23.7 Å². The van der Waals surface area contributed by atoms with Gasteiger partial charge in [0, 0.05) is 16.8 Å². The number of nitrogens with zero attached hydrogens (tertiary/aromatic N) is 2. The van der Waals surface area contributed by atoms with Gasteiger partial charge in [0.2, 0.25) is 0 Å². The summed E-state index contributed by atoms with van der Waals surface area (Å²) in [5.74, 6) is 0.0760. The number of nitrogens with one attached hydrogen (secondary N) is 3. The van der Waals surface area contributed by atoms with Crippen LogP contribution in [0.4, 0.5) is 17.2 Å². The summed E-state index contributed by atoms with van der Waals surface area (Å²) < 4.78 is 27.4. The standard InChI is InChI=1S/C21H16ClN5O2S2/c22-19-12-13-20(26-25-19)27-31(28,29)16-10-8-15(9-11-16)23-21(30)24-18-7-3-5-14-4-1-2-6-17(14)18/h1-13H,(H,26,27)(H2,23,24,30). The van der Waals surface area contributed by atoms with Crippen molar-refractivity contribution in [3.8, 4) is 0 Å². The van der Waals surface area contributed by atoms with E-state index < -0.39 is 10.0 Å². The molecule has 0 atom stereocenters. The first-order valence-corrected chi connectivity index (χ1v) is 11.4. The minimum Gasteiger partial charge on any atom is -0.332 e. The van der Waals surface area contributed by atoms with Crippen molar-refractivity contribution in [2.75, 3.05) is 15.4 Å². The Kier molecular flexibility index (Phi) is 5.99. The molecule has 0 aliphatic carbocycles. The van der Waals surface area contributed by atoms with Crippen LogP contribution in [0.15, 0.2) is 83.8 Å². The Balaban J connectivity index is 1.44. The van der Waals surface area contributed by atoms with Gasteiger partial charge in [-0.15, -0.1) is 10.2 Å². The second-order valence-corrected chi connectivity index (χ2v) is 8.95. The number of hydrogen-bond donors (Lipinski definition) is 3. The van der Waals surface area contributed by atoms with Gasteiger partial charge in [0.1, 0.15) is 0 Å².